The van der Waals surface area contributed by atoms with Gasteiger partial charge in [-0.25, -0.2) is 4.79 Å². The van der Waals surface area contributed by atoms with Crippen molar-refractivity contribution in [1.82, 2.24) is 19.8 Å². The number of carbonyl (C=O) groups excluding carboxylic acids is 2. The number of aromatic nitrogens is 2. The van der Waals surface area contributed by atoms with Gasteiger partial charge in [-0.1, -0.05) is 20.3 Å². The zero-order valence-corrected chi connectivity index (χ0v) is 17.0. The summed E-state index contributed by atoms with van der Waals surface area (Å²) < 4.78 is 1.39. The monoisotopic (exact) mass is 376 g/mol. The molecule has 1 fully saturated rings. The molecule has 1 aliphatic rings. The van der Waals surface area contributed by atoms with Gasteiger partial charge in [0.25, 0.3) is 0 Å². The predicted octanol–water partition coefficient (Wildman–Crippen LogP) is 1.79. The van der Waals surface area contributed by atoms with Crippen LogP contribution >= 0.6 is 0 Å². The molecular formula is C20H32N4O3. The van der Waals surface area contributed by atoms with E-state index in [9.17, 15) is 14.4 Å². The van der Waals surface area contributed by atoms with Crippen LogP contribution < -0.4 is 11.0 Å². The van der Waals surface area contributed by atoms with Crippen molar-refractivity contribution in [2.75, 3.05) is 13.1 Å². The Labute approximate surface area is 161 Å². The van der Waals surface area contributed by atoms with E-state index in [1.807, 2.05) is 4.90 Å². The van der Waals surface area contributed by atoms with Crippen LogP contribution in [0, 0.1) is 19.8 Å². The van der Waals surface area contributed by atoms with Crippen LogP contribution in [-0.4, -0.2) is 45.4 Å². The van der Waals surface area contributed by atoms with E-state index in [0.717, 1.165) is 37.9 Å². The molecule has 2 rings (SSSR count). The molecule has 0 radical (unpaired) electrons. The highest BCUT2D eigenvalue weighted by Crippen LogP contribution is 2.15. The van der Waals surface area contributed by atoms with Crippen molar-refractivity contribution in [2.24, 2.45) is 5.92 Å². The van der Waals surface area contributed by atoms with Gasteiger partial charge in [0, 0.05) is 36.9 Å². The van der Waals surface area contributed by atoms with E-state index in [1.54, 1.807) is 19.9 Å². The van der Waals surface area contributed by atoms with Crippen LogP contribution in [0.25, 0.3) is 0 Å². The van der Waals surface area contributed by atoms with Crippen molar-refractivity contribution in [1.29, 1.82) is 0 Å². The van der Waals surface area contributed by atoms with Gasteiger partial charge in [0.1, 0.15) is 6.54 Å². The second kappa shape index (κ2) is 9.67. The molecule has 1 aromatic heterocycles. The fraction of sp³-hybridized carbons (Fsp3) is 0.700. The Morgan fingerprint density at radius 1 is 1.30 bits per heavy atom. The molecular weight excluding hydrogens is 344 g/mol. The minimum Gasteiger partial charge on any atom is -0.352 e. The summed E-state index contributed by atoms with van der Waals surface area (Å²) in [5, 5.41) is 3.02. The van der Waals surface area contributed by atoms with Gasteiger partial charge in [-0.2, -0.15) is 4.98 Å². The Balaban J connectivity index is 1.89. The zero-order valence-electron chi connectivity index (χ0n) is 17.0. The van der Waals surface area contributed by atoms with Crippen molar-refractivity contribution < 1.29 is 9.59 Å². The highest BCUT2D eigenvalue weighted by molar-refractivity contribution is 5.77. The molecule has 7 heteroatoms. The molecule has 27 heavy (non-hydrogen) atoms. The molecule has 0 aliphatic carbocycles. The first-order valence-electron chi connectivity index (χ1n) is 9.92. The fourth-order valence-electron chi connectivity index (χ4n) is 3.45. The first-order chi connectivity index (χ1) is 12.8. The van der Waals surface area contributed by atoms with Crippen molar-refractivity contribution in [3.05, 3.63) is 27.9 Å². The fourth-order valence-corrected chi connectivity index (χ4v) is 3.45. The average molecular weight is 377 g/mol. The van der Waals surface area contributed by atoms with Gasteiger partial charge in [0.15, 0.2) is 0 Å². The van der Waals surface area contributed by atoms with Crippen molar-refractivity contribution >= 4 is 11.8 Å². The van der Waals surface area contributed by atoms with Gasteiger partial charge in [0.05, 0.1) is 0 Å². The number of nitrogens with one attached hydrogen (secondary N) is 1. The van der Waals surface area contributed by atoms with Crippen LogP contribution in [0.3, 0.4) is 0 Å². The van der Waals surface area contributed by atoms with Crippen molar-refractivity contribution in [3.8, 4) is 0 Å². The number of aryl methyl sites for hydroxylation is 2. The van der Waals surface area contributed by atoms with Gasteiger partial charge < -0.3 is 10.2 Å². The Bertz CT molecular complexity index is 728. The van der Waals surface area contributed by atoms with E-state index >= 15 is 0 Å². The maximum absolute atomic E-state index is 12.4. The quantitative estimate of drug-likeness (QED) is 0.820. The van der Waals surface area contributed by atoms with Crippen molar-refractivity contribution in [2.45, 2.75) is 72.4 Å². The molecule has 2 heterocycles. The number of likely N-dealkylation sites (tertiary alicyclic amines) is 1. The largest absolute Gasteiger partial charge is 0.352 e. The standard InChI is InChI=1S/C20H32N4O3/c1-5-14(2)11-19(26)23-9-6-7-17(8-10-23)22-18(25)13-24-16(4)12-15(3)21-20(24)27/h12,14,17H,5-11,13H2,1-4H3,(H,22,25). The summed E-state index contributed by atoms with van der Waals surface area (Å²) in [5.41, 5.74) is 0.982. The number of hydrogen-bond acceptors (Lipinski definition) is 4. The van der Waals surface area contributed by atoms with Gasteiger partial charge in [-0.3, -0.25) is 14.2 Å². The van der Waals surface area contributed by atoms with E-state index in [0.29, 0.717) is 24.6 Å². The SMILES string of the molecule is CCC(C)CC(=O)N1CCCC(NC(=O)Cn2c(C)cc(C)nc2=O)CC1. The third-order valence-electron chi connectivity index (χ3n) is 5.31. The highest BCUT2D eigenvalue weighted by atomic mass is 16.2. The minimum absolute atomic E-state index is 0.0227. The van der Waals surface area contributed by atoms with Crippen LogP contribution in [0.1, 0.15) is 57.3 Å². The lowest BCUT2D eigenvalue weighted by molar-refractivity contribution is -0.132. The van der Waals surface area contributed by atoms with Crippen LogP contribution in [-0.2, 0) is 16.1 Å². The Hall–Kier alpha value is -2.18. The number of carbonyl (C=O) groups is 2. The van der Waals surface area contributed by atoms with Crippen LogP contribution in [0.4, 0.5) is 0 Å². The van der Waals surface area contributed by atoms with Crippen LogP contribution in [0.5, 0.6) is 0 Å². The molecule has 2 amide bonds. The average Bonchev–Trinajstić information content (AvgIpc) is 2.83. The summed E-state index contributed by atoms with van der Waals surface area (Å²) in [6.07, 6.45) is 4.07. The van der Waals surface area contributed by atoms with E-state index in [1.165, 1.54) is 4.57 Å². The number of hydrogen-bond donors (Lipinski definition) is 1. The number of rotatable bonds is 6. The zero-order chi connectivity index (χ0) is 20.0. The maximum atomic E-state index is 12.4. The van der Waals surface area contributed by atoms with Gasteiger partial charge in [-0.15, -0.1) is 0 Å². The predicted molar refractivity (Wildman–Crippen MR) is 104 cm³/mol. The normalized spacial score (nSPS) is 18.7. The lowest BCUT2D eigenvalue weighted by Crippen LogP contribution is -2.40. The molecule has 0 saturated carbocycles. The molecule has 7 nitrogen and oxygen atoms in total. The van der Waals surface area contributed by atoms with Gasteiger partial charge >= 0.3 is 5.69 Å². The summed E-state index contributed by atoms with van der Waals surface area (Å²) >= 11 is 0. The lowest BCUT2D eigenvalue weighted by Gasteiger charge is -2.22. The molecule has 1 N–H and O–H groups in total. The summed E-state index contributed by atoms with van der Waals surface area (Å²) in [4.78, 5) is 42.6. The first kappa shape index (κ1) is 21.1. The third-order valence-corrected chi connectivity index (χ3v) is 5.31. The summed E-state index contributed by atoms with van der Waals surface area (Å²) in [6.45, 7) is 9.16. The van der Waals surface area contributed by atoms with E-state index < -0.39 is 5.69 Å². The molecule has 1 aliphatic heterocycles. The third kappa shape index (κ3) is 6.19. The van der Waals surface area contributed by atoms with Crippen LogP contribution in [0.2, 0.25) is 0 Å². The minimum atomic E-state index is -0.398. The maximum Gasteiger partial charge on any atom is 0.348 e. The van der Waals surface area contributed by atoms with E-state index in [2.05, 4.69) is 24.1 Å². The molecule has 1 saturated heterocycles. The van der Waals surface area contributed by atoms with Crippen molar-refractivity contribution in [3.63, 3.8) is 0 Å². The molecule has 0 spiro atoms. The summed E-state index contributed by atoms with van der Waals surface area (Å²) in [7, 11) is 0. The summed E-state index contributed by atoms with van der Waals surface area (Å²) in [5.74, 6) is 0.431. The number of amides is 2. The molecule has 0 aromatic carbocycles. The Kier molecular flexibility index (Phi) is 7.56. The van der Waals surface area contributed by atoms with Crippen LogP contribution in [0.15, 0.2) is 10.9 Å². The van der Waals surface area contributed by atoms with E-state index in [4.69, 9.17) is 0 Å². The first-order valence-corrected chi connectivity index (χ1v) is 9.92. The molecule has 1 aromatic rings. The highest BCUT2D eigenvalue weighted by Gasteiger charge is 2.22. The van der Waals surface area contributed by atoms with Gasteiger partial charge in [0.2, 0.25) is 11.8 Å². The molecule has 2 unspecified atom stereocenters. The Morgan fingerprint density at radius 2 is 2.04 bits per heavy atom. The molecule has 150 valence electrons. The second-order valence-electron chi connectivity index (χ2n) is 7.70. The number of nitrogens with zero attached hydrogens (tertiary/aromatic N) is 3. The summed E-state index contributed by atoms with van der Waals surface area (Å²) in [6, 6.07) is 1.83. The smallest absolute Gasteiger partial charge is 0.348 e. The molecule has 0 bridgehead atoms. The lowest BCUT2D eigenvalue weighted by atomic mass is 10.0. The Morgan fingerprint density at radius 3 is 2.70 bits per heavy atom. The second-order valence-corrected chi connectivity index (χ2v) is 7.70. The topological polar surface area (TPSA) is 84.3 Å². The molecule has 2 atom stereocenters. The van der Waals surface area contributed by atoms with Gasteiger partial charge in [-0.05, 0) is 45.1 Å². The van der Waals surface area contributed by atoms with E-state index in [-0.39, 0.29) is 24.4 Å².